The molecule has 0 aromatic rings. The summed E-state index contributed by atoms with van der Waals surface area (Å²) in [5.41, 5.74) is 0. The predicted molar refractivity (Wildman–Crippen MR) is 96.9 cm³/mol. The van der Waals surface area contributed by atoms with Crippen LogP contribution in [0.1, 0.15) is 32.1 Å². The van der Waals surface area contributed by atoms with Gasteiger partial charge in [0.25, 0.3) is 0 Å². The Balaban J connectivity index is 1.62. The summed E-state index contributed by atoms with van der Waals surface area (Å²) in [7, 11) is 3.56. The predicted octanol–water partition coefficient (Wildman–Crippen LogP) is 0.501. The highest BCUT2D eigenvalue weighted by Crippen LogP contribution is 2.29. The fourth-order valence-corrected chi connectivity index (χ4v) is 4.29. The summed E-state index contributed by atoms with van der Waals surface area (Å²) < 4.78 is 17.4. The van der Waals surface area contributed by atoms with Gasteiger partial charge in [0.2, 0.25) is 5.91 Å². The zero-order valence-corrected chi connectivity index (χ0v) is 16.1. The number of hydrogen-bond acceptors (Lipinski definition) is 6. The SMILES string of the molecule is CN(C)C(=O)C[C@@H]1CC[C@H]2[C@@H](COC[C@H](O)CN2CC2CCOCC2)O1. The van der Waals surface area contributed by atoms with Gasteiger partial charge < -0.3 is 24.2 Å². The minimum absolute atomic E-state index is 0.0314. The van der Waals surface area contributed by atoms with E-state index < -0.39 is 6.10 Å². The number of nitrogens with zero attached hydrogens (tertiary/aromatic N) is 2. The Morgan fingerprint density at radius 1 is 1.12 bits per heavy atom. The van der Waals surface area contributed by atoms with E-state index >= 15 is 0 Å². The van der Waals surface area contributed by atoms with Gasteiger partial charge in [0.15, 0.2) is 0 Å². The van der Waals surface area contributed by atoms with Crippen LogP contribution < -0.4 is 0 Å². The summed E-state index contributed by atoms with van der Waals surface area (Å²) in [5.74, 6) is 0.722. The number of ether oxygens (including phenoxy) is 3. The minimum Gasteiger partial charge on any atom is -0.389 e. The van der Waals surface area contributed by atoms with Crippen molar-refractivity contribution in [2.24, 2.45) is 5.92 Å². The van der Waals surface area contributed by atoms with E-state index in [9.17, 15) is 9.90 Å². The molecule has 3 aliphatic rings. The van der Waals surface area contributed by atoms with E-state index in [4.69, 9.17) is 14.2 Å². The molecule has 3 aliphatic heterocycles. The molecule has 0 aromatic carbocycles. The van der Waals surface area contributed by atoms with E-state index in [2.05, 4.69) is 4.90 Å². The molecular formula is C19H34N2O5. The van der Waals surface area contributed by atoms with Crippen LogP contribution in [-0.2, 0) is 19.0 Å². The number of aliphatic hydroxyl groups is 1. The van der Waals surface area contributed by atoms with Crippen LogP contribution in [0.25, 0.3) is 0 Å². The number of β-amino-alcohol motifs (C(OH)–C–C–N with tert-alkyl or cyclic N) is 1. The van der Waals surface area contributed by atoms with E-state index in [1.54, 1.807) is 19.0 Å². The van der Waals surface area contributed by atoms with Crippen LogP contribution in [0.4, 0.5) is 0 Å². The number of carbonyl (C=O) groups excluding carboxylic acids is 1. The van der Waals surface area contributed by atoms with Gasteiger partial charge in [0.05, 0.1) is 37.9 Å². The lowest BCUT2D eigenvalue weighted by molar-refractivity contribution is -0.161. The highest BCUT2D eigenvalue weighted by atomic mass is 16.5. The molecule has 0 bridgehead atoms. The first-order valence-corrected chi connectivity index (χ1v) is 9.96. The van der Waals surface area contributed by atoms with Crippen LogP contribution in [0.5, 0.6) is 0 Å². The molecule has 0 aliphatic carbocycles. The fraction of sp³-hybridized carbons (Fsp3) is 0.947. The maximum absolute atomic E-state index is 12.0. The highest BCUT2D eigenvalue weighted by molar-refractivity contribution is 5.76. The van der Waals surface area contributed by atoms with Gasteiger partial charge in [-0.05, 0) is 31.6 Å². The van der Waals surface area contributed by atoms with Gasteiger partial charge in [-0.2, -0.15) is 0 Å². The second-order valence-corrected chi connectivity index (χ2v) is 8.13. The topological polar surface area (TPSA) is 71.5 Å². The normalized spacial score (nSPS) is 34.6. The molecule has 4 atom stereocenters. The first-order valence-electron chi connectivity index (χ1n) is 9.96. The first kappa shape index (κ1) is 20.0. The van der Waals surface area contributed by atoms with Crippen LogP contribution in [-0.4, -0.2) is 98.8 Å². The second kappa shape index (κ2) is 9.46. The summed E-state index contributed by atoms with van der Waals surface area (Å²) in [5, 5.41) is 10.3. The summed E-state index contributed by atoms with van der Waals surface area (Å²) in [6, 6.07) is 0.249. The molecule has 1 N–H and O–H groups in total. The second-order valence-electron chi connectivity index (χ2n) is 8.13. The van der Waals surface area contributed by atoms with Gasteiger partial charge in [-0.1, -0.05) is 0 Å². The van der Waals surface area contributed by atoms with Crippen molar-refractivity contribution in [3.63, 3.8) is 0 Å². The molecule has 1 amide bonds. The number of aliphatic hydroxyl groups excluding tert-OH is 1. The van der Waals surface area contributed by atoms with Crippen LogP contribution in [0.2, 0.25) is 0 Å². The molecule has 3 rings (SSSR count). The average molecular weight is 370 g/mol. The Bertz CT molecular complexity index is 455. The number of amides is 1. The van der Waals surface area contributed by atoms with E-state index in [1.807, 2.05) is 0 Å². The Labute approximate surface area is 156 Å². The van der Waals surface area contributed by atoms with Crippen LogP contribution in [0.15, 0.2) is 0 Å². The smallest absolute Gasteiger partial charge is 0.224 e. The van der Waals surface area contributed by atoms with Crippen molar-refractivity contribution in [2.45, 2.75) is 56.5 Å². The zero-order chi connectivity index (χ0) is 18.5. The van der Waals surface area contributed by atoms with Crippen LogP contribution in [0.3, 0.4) is 0 Å². The molecule has 0 radical (unpaired) electrons. The molecule has 7 nitrogen and oxygen atoms in total. The van der Waals surface area contributed by atoms with Gasteiger partial charge in [0, 0.05) is 46.4 Å². The van der Waals surface area contributed by atoms with Crippen molar-refractivity contribution in [1.29, 1.82) is 0 Å². The number of hydrogen-bond donors (Lipinski definition) is 1. The molecule has 3 fully saturated rings. The molecule has 3 heterocycles. The molecule has 3 saturated heterocycles. The van der Waals surface area contributed by atoms with Gasteiger partial charge in [0.1, 0.15) is 0 Å². The molecule has 0 unspecified atom stereocenters. The first-order chi connectivity index (χ1) is 12.5. The van der Waals surface area contributed by atoms with Crippen molar-refractivity contribution in [2.75, 3.05) is 53.6 Å². The summed E-state index contributed by atoms with van der Waals surface area (Å²) >= 11 is 0. The monoisotopic (exact) mass is 370 g/mol. The lowest BCUT2D eigenvalue weighted by Crippen LogP contribution is -2.57. The average Bonchev–Trinajstić information content (AvgIpc) is 2.61. The quantitative estimate of drug-likeness (QED) is 0.777. The number of carbonyl (C=O) groups is 1. The molecule has 150 valence electrons. The van der Waals surface area contributed by atoms with Gasteiger partial charge in [-0.25, -0.2) is 0 Å². The lowest BCUT2D eigenvalue weighted by Gasteiger charge is -2.45. The van der Waals surface area contributed by atoms with Crippen LogP contribution >= 0.6 is 0 Å². The molecule has 7 heteroatoms. The zero-order valence-electron chi connectivity index (χ0n) is 16.1. The summed E-state index contributed by atoms with van der Waals surface area (Å²) in [6.07, 6.45) is 3.93. The van der Waals surface area contributed by atoms with Crippen molar-refractivity contribution in [3.8, 4) is 0 Å². The maximum atomic E-state index is 12.0. The highest BCUT2D eigenvalue weighted by Gasteiger charge is 2.38. The van der Waals surface area contributed by atoms with E-state index in [0.717, 1.165) is 45.4 Å². The standard InChI is InChI=1S/C19H34N2O5/c1-20(2)19(23)9-16-3-4-17-18(26-16)13-25-12-15(22)11-21(17)10-14-5-7-24-8-6-14/h14-18,22H,3-13H2,1-2H3/t15-,16+,17+,18-/m1/s1. The Kier molecular flexibility index (Phi) is 7.28. The third kappa shape index (κ3) is 5.39. The Morgan fingerprint density at radius 3 is 2.62 bits per heavy atom. The molecule has 0 spiro atoms. The molecular weight excluding hydrogens is 336 g/mol. The maximum Gasteiger partial charge on any atom is 0.224 e. The minimum atomic E-state index is -0.455. The lowest BCUT2D eigenvalue weighted by atomic mass is 9.92. The molecule has 0 saturated carbocycles. The van der Waals surface area contributed by atoms with Gasteiger partial charge in [-0.3, -0.25) is 9.69 Å². The van der Waals surface area contributed by atoms with Gasteiger partial charge >= 0.3 is 0 Å². The molecule has 26 heavy (non-hydrogen) atoms. The van der Waals surface area contributed by atoms with E-state index in [0.29, 0.717) is 32.1 Å². The van der Waals surface area contributed by atoms with Gasteiger partial charge in [-0.15, -0.1) is 0 Å². The molecule has 0 aromatic heterocycles. The van der Waals surface area contributed by atoms with E-state index in [-0.39, 0.29) is 24.2 Å². The van der Waals surface area contributed by atoms with Crippen molar-refractivity contribution < 1.29 is 24.1 Å². The van der Waals surface area contributed by atoms with Crippen molar-refractivity contribution in [3.05, 3.63) is 0 Å². The third-order valence-electron chi connectivity index (χ3n) is 5.82. The Morgan fingerprint density at radius 2 is 1.88 bits per heavy atom. The van der Waals surface area contributed by atoms with Crippen molar-refractivity contribution in [1.82, 2.24) is 9.80 Å². The number of rotatable bonds is 4. The number of fused-ring (bicyclic) bond motifs is 1. The summed E-state index contributed by atoms with van der Waals surface area (Å²) in [4.78, 5) is 16.1. The van der Waals surface area contributed by atoms with Crippen LogP contribution in [0, 0.1) is 5.92 Å². The third-order valence-corrected chi connectivity index (χ3v) is 5.82. The Hall–Kier alpha value is -0.730. The van der Waals surface area contributed by atoms with Crippen molar-refractivity contribution >= 4 is 5.91 Å². The summed E-state index contributed by atoms with van der Waals surface area (Å²) in [6.45, 7) is 4.11. The fourth-order valence-electron chi connectivity index (χ4n) is 4.29. The largest absolute Gasteiger partial charge is 0.389 e. The van der Waals surface area contributed by atoms with E-state index in [1.165, 1.54) is 0 Å².